The fourth-order valence-electron chi connectivity index (χ4n) is 6.01. The van der Waals surface area contributed by atoms with Crippen molar-refractivity contribution < 1.29 is 23.8 Å². The highest BCUT2D eigenvalue weighted by atomic mass is 32.1. The molecule has 1 aliphatic rings. The number of allylic oxidation sites excluding steroid dienone is 1. The van der Waals surface area contributed by atoms with Gasteiger partial charge in [0.05, 0.1) is 36.6 Å². The average Bonchev–Trinajstić information content (AvgIpc) is 3.60. The molecular weight excluding hydrogens is 628 g/mol. The Hall–Kier alpha value is -5.42. The molecule has 1 N–H and O–H groups in total. The normalized spacial score (nSPS) is 14.4. The predicted molar refractivity (Wildman–Crippen MR) is 186 cm³/mol. The van der Waals surface area contributed by atoms with Crippen LogP contribution >= 0.6 is 11.3 Å². The Labute approximate surface area is 281 Å². The van der Waals surface area contributed by atoms with Crippen LogP contribution in [0.2, 0.25) is 0 Å². The van der Waals surface area contributed by atoms with E-state index in [0.29, 0.717) is 49.8 Å². The number of hydrogen-bond acceptors (Lipinski definition) is 8. The van der Waals surface area contributed by atoms with Crippen molar-refractivity contribution in [2.45, 2.75) is 39.3 Å². The van der Waals surface area contributed by atoms with Crippen LogP contribution < -0.4 is 29.7 Å². The summed E-state index contributed by atoms with van der Waals surface area (Å²) in [6, 6.07) is 21.5. The Morgan fingerprint density at radius 1 is 1.00 bits per heavy atom. The van der Waals surface area contributed by atoms with Crippen LogP contribution in [0.25, 0.3) is 17.0 Å². The van der Waals surface area contributed by atoms with E-state index in [9.17, 15) is 14.4 Å². The fourth-order valence-corrected chi connectivity index (χ4v) is 7.02. The van der Waals surface area contributed by atoms with Gasteiger partial charge in [-0.2, -0.15) is 0 Å². The second-order valence-corrected chi connectivity index (χ2v) is 12.2. The molecule has 48 heavy (non-hydrogen) atoms. The van der Waals surface area contributed by atoms with Crippen molar-refractivity contribution in [3.05, 3.63) is 121 Å². The number of ether oxygens (including phenoxy) is 3. The number of methoxy groups -OCH3 is 2. The van der Waals surface area contributed by atoms with Crippen molar-refractivity contribution in [2.75, 3.05) is 26.1 Å². The Morgan fingerprint density at radius 2 is 1.77 bits per heavy atom. The molecule has 0 radical (unpaired) electrons. The summed E-state index contributed by atoms with van der Waals surface area (Å²) in [5.74, 6) is 0.335. The number of amides is 1. The fraction of sp³-hybridized carbons (Fsp3) is 0.243. The zero-order chi connectivity index (χ0) is 33.8. The van der Waals surface area contributed by atoms with Gasteiger partial charge in [0.25, 0.3) is 5.56 Å². The maximum absolute atomic E-state index is 14.4. The minimum Gasteiger partial charge on any atom is -0.497 e. The van der Waals surface area contributed by atoms with Gasteiger partial charge in [-0.15, -0.1) is 0 Å². The molecule has 0 bridgehead atoms. The number of nitrogens with zero attached hydrogens (tertiary/aromatic N) is 3. The summed E-state index contributed by atoms with van der Waals surface area (Å²) in [5, 5.41) is 3.82. The van der Waals surface area contributed by atoms with E-state index in [0.717, 1.165) is 22.9 Å². The minimum absolute atomic E-state index is 0.0867. The van der Waals surface area contributed by atoms with Crippen molar-refractivity contribution >= 4 is 45.9 Å². The van der Waals surface area contributed by atoms with E-state index in [1.165, 1.54) is 11.3 Å². The van der Waals surface area contributed by atoms with E-state index >= 15 is 0 Å². The zero-order valence-electron chi connectivity index (χ0n) is 27.2. The number of aromatic nitrogens is 2. The van der Waals surface area contributed by atoms with E-state index in [4.69, 9.17) is 19.2 Å². The highest BCUT2D eigenvalue weighted by Crippen LogP contribution is 2.38. The molecule has 246 valence electrons. The lowest BCUT2D eigenvalue weighted by atomic mass is 9.93. The third-order valence-electron chi connectivity index (χ3n) is 8.10. The number of hydrogen-bond donors (Lipinski definition) is 1. The Kier molecular flexibility index (Phi) is 9.58. The summed E-state index contributed by atoms with van der Waals surface area (Å²) in [7, 11) is 3.11. The molecule has 10 nitrogen and oxygen atoms in total. The van der Waals surface area contributed by atoms with Gasteiger partial charge in [0, 0.05) is 33.9 Å². The first-order valence-electron chi connectivity index (χ1n) is 15.7. The number of para-hydroxylation sites is 2. The molecule has 0 aliphatic carbocycles. The van der Waals surface area contributed by atoms with Crippen LogP contribution in [0.15, 0.2) is 100 Å². The molecule has 2 aromatic heterocycles. The van der Waals surface area contributed by atoms with Gasteiger partial charge in [-0.1, -0.05) is 61.1 Å². The van der Waals surface area contributed by atoms with E-state index in [1.807, 2.05) is 78.4 Å². The predicted octanol–water partition coefficient (Wildman–Crippen LogP) is 5.19. The van der Waals surface area contributed by atoms with Crippen LogP contribution in [0.3, 0.4) is 0 Å². The second-order valence-electron chi connectivity index (χ2n) is 11.2. The molecule has 3 aromatic carbocycles. The number of carbonyl (C=O) groups excluding carboxylic acids is 2. The van der Waals surface area contributed by atoms with Crippen LogP contribution in [0.5, 0.6) is 11.5 Å². The van der Waals surface area contributed by atoms with Gasteiger partial charge in [0.1, 0.15) is 24.1 Å². The molecule has 0 spiro atoms. The van der Waals surface area contributed by atoms with E-state index in [1.54, 1.807) is 43.9 Å². The maximum atomic E-state index is 14.4. The molecule has 0 saturated heterocycles. The summed E-state index contributed by atoms with van der Waals surface area (Å²) < 4.78 is 20.7. The van der Waals surface area contributed by atoms with Crippen LogP contribution in [0.1, 0.15) is 43.9 Å². The number of thiazole rings is 1. The van der Waals surface area contributed by atoms with Gasteiger partial charge < -0.3 is 24.1 Å². The van der Waals surface area contributed by atoms with Gasteiger partial charge in [0.2, 0.25) is 5.91 Å². The van der Waals surface area contributed by atoms with Crippen LogP contribution in [0, 0.1) is 0 Å². The largest absolute Gasteiger partial charge is 0.497 e. The van der Waals surface area contributed by atoms with Crippen molar-refractivity contribution in [1.29, 1.82) is 0 Å². The van der Waals surface area contributed by atoms with Crippen molar-refractivity contribution in [3.63, 3.8) is 0 Å². The minimum atomic E-state index is -0.864. The number of nitrogens with one attached hydrogen (secondary N) is 1. The topological polar surface area (TPSA) is 113 Å². The van der Waals surface area contributed by atoms with Crippen molar-refractivity contribution in [1.82, 2.24) is 9.13 Å². The summed E-state index contributed by atoms with van der Waals surface area (Å²) in [5.41, 5.74) is 3.48. The molecule has 5 aromatic rings. The average molecular weight is 665 g/mol. The molecule has 0 saturated carbocycles. The first-order chi connectivity index (χ1) is 23.4. The van der Waals surface area contributed by atoms with E-state index < -0.39 is 12.0 Å². The Morgan fingerprint density at radius 3 is 2.50 bits per heavy atom. The first kappa shape index (κ1) is 32.5. The summed E-state index contributed by atoms with van der Waals surface area (Å²) in [6.45, 7) is 4.01. The SMILES string of the molecule is CCCC1=C(C(=O)OCC)[C@H](c2cc(OC)ccc2OC)n2c(s/c(=C\c3cn(CC(=O)Nc4ccccc4)c4ccccc34)c2=O)=N1. The third kappa shape index (κ3) is 6.28. The summed E-state index contributed by atoms with van der Waals surface area (Å²) in [6.07, 6.45) is 4.95. The van der Waals surface area contributed by atoms with E-state index in [2.05, 4.69) is 5.32 Å². The molecular formula is C37H36N4O6S. The number of fused-ring (bicyclic) bond motifs is 2. The van der Waals surface area contributed by atoms with E-state index in [-0.39, 0.29) is 24.6 Å². The van der Waals surface area contributed by atoms with Gasteiger partial charge in [-0.05, 0) is 55.8 Å². The lowest BCUT2D eigenvalue weighted by Crippen LogP contribution is -2.40. The smallest absolute Gasteiger partial charge is 0.338 e. The monoisotopic (exact) mass is 664 g/mol. The van der Waals surface area contributed by atoms with Crippen LogP contribution in [0.4, 0.5) is 5.69 Å². The lowest BCUT2D eigenvalue weighted by molar-refractivity contribution is -0.139. The number of benzene rings is 3. The Bertz CT molecular complexity index is 2210. The molecule has 1 amide bonds. The quantitative estimate of drug-likeness (QED) is 0.195. The highest BCUT2D eigenvalue weighted by Gasteiger charge is 2.36. The third-order valence-corrected chi connectivity index (χ3v) is 9.08. The molecule has 0 fully saturated rings. The van der Waals surface area contributed by atoms with Crippen LogP contribution in [-0.4, -0.2) is 41.8 Å². The number of rotatable bonds is 11. The number of esters is 1. The molecule has 1 aliphatic heterocycles. The van der Waals surface area contributed by atoms with Crippen molar-refractivity contribution in [3.8, 4) is 11.5 Å². The van der Waals surface area contributed by atoms with Gasteiger partial charge >= 0.3 is 5.97 Å². The second kappa shape index (κ2) is 14.1. The maximum Gasteiger partial charge on any atom is 0.338 e. The van der Waals surface area contributed by atoms with Gasteiger partial charge in [-0.25, -0.2) is 9.79 Å². The first-order valence-corrected chi connectivity index (χ1v) is 16.5. The Balaban J connectivity index is 1.51. The molecule has 0 unspecified atom stereocenters. The zero-order valence-corrected chi connectivity index (χ0v) is 28.0. The van der Waals surface area contributed by atoms with Gasteiger partial charge in [-0.3, -0.25) is 14.2 Å². The van der Waals surface area contributed by atoms with Crippen molar-refractivity contribution in [2.24, 2.45) is 4.99 Å². The molecule has 3 heterocycles. The van der Waals surface area contributed by atoms with Crippen LogP contribution in [-0.2, 0) is 20.9 Å². The lowest BCUT2D eigenvalue weighted by Gasteiger charge is -2.27. The highest BCUT2D eigenvalue weighted by molar-refractivity contribution is 7.07. The number of anilines is 1. The van der Waals surface area contributed by atoms with Gasteiger partial charge in [0.15, 0.2) is 4.80 Å². The molecule has 6 rings (SSSR count). The summed E-state index contributed by atoms with van der Waals surface area (Å²) in [4.78, 5) is 46.4. The molecule has 1 atom stereocenters. The number of carbonyl (C=O) groups is 2. The standard InChI is InChI=1S/C37H36N4O6S/c1-5-12-28-33(36(44)47-6-2)34(27-20-25(45-3)17-18-30(27)46-4)41-35(43)31(48-37(41)39-28)19-23-21-40(29-16-11-10-15-26(23)29)22-32(42)38-24-13-8-7-9-14-24/h7-11,13-21,34H,5-6,12,22H2,1-4H3,(H,38,42)/b31-19-/t34-/m0/s1. The summed E-state index contributed by atoms with van der Waals surface area (Å²) >= 11 is 1.25. The molecule has 11 heteroatoms.